The Bertz CT molecular complexity index is 974. The minimum absolute atomic E-state index is 0.0533. The molecule has 0 saturated carbocycles. The van der Waals surface area contributed by atoms with Crippen LogP contribution in [0.4, 0.5) is 13.2 Å². The maximum atomic E-state index is 13.9. The summed E-state index contributed by atoms with van der Waals surface area (Å²) in [4.78, 5) is 13.3. The van der Waals surface area contributed by atoms with Gasteiger partial charge >= 0.3 is 0 Å². The second-order valence-corrected chi connectivity index (χ2v) is 9.38. The molecule has 10 heteroatoms. The second kappa shape index (κ2) is 9.19. The van der Waals surface area contributed by atoms with Crippen LogP contribution in [0.3, 0.4) is 0 Å². The van der Waals surface area contributed by atoms with Crippen LogP contribution in [0.5, 0.6) is 0 Å². The van der Waals surface area contributed by atoms with Gasteiger partial charge in [-0.05, 0) is 24.3 Å². The minimum Gasteiger partial charge on any atom is -0.340 e. The molecule has 2 aromatic rings. The summed E-state index contributed by atoms with van der Waals surface area (Å²) in [5, 5.41) is 0. The van der Waals surface area contributed by atoms with Crippen molar-refractivity contribution in [3.63, 3.8) is 0 Å². The smallest absolute Gasteiger partial charge is 0.249 e. The van der Waals surface area contributed by atoms with Crippen molar-refractivity contribution in [2.45, 2.75) is 16.2 Å². The van der Waals surface area contributed by atoms with Crippen molar-refractivity contribution in [2.75, 3.05) is 31.9 Å². The van der Waals surface area contributed by atoms with E-state index in [0.717, 1.165) is 22.5 Å². The maximum Gasteiger partial charge on any atom is 0.249 e. The number of rotatable bonds is 6. The van der Waals surface area contributed by atoms with Crippen LogP contribution in [-0.2, 0) is 14.8 Å². The van der Waals surface area contributed by atoms with Gasteiger partial charge in [-0.1, -0.05) is 18.2 Å². The quantitative estimate of drug-likeness (QED) is 0.643. The van der Waals surface area contributed by atoms with E-state index in [2.05, 4.69) is 0 Å². The highest BCUT2D eigenvalue weighted by molar-refractivity contribution is 7.99. The van der Waals surface area contributed by atoms with E-state index >= 15 is 0 Å². The number of hydrogen-bond donors (Lipinski definition) is 0. The Labute approximate surface area is 171 Å². The Balaban J connectivity index is 1.54. The summed E-state index contributed by atoms with van der Waals surface area (Å²) in [5.41, 5.74) is 0. The first-order valence-corrected chi connectivity index (χ1v) is 11.3. The number of sulfonamides is 1. The molecular formula is C19H19F3N2O3S2. The van der Waals surface area contributed by atoms with Crippen molar-refractivity contribution < 1.29 is 26.4 Å². The number of hydrogen-bond acceptors (Lipinski definition) is 4. The summed E-state index contributed by atoms with van der Waals surface area (Å²) in [6.45, 7) is 0.140. The largest absolute Gasteiger partial charge is 0.340 e. The standard InChI is InChI=1S/C19H19F3N2O3S2/c20-14-4-1-2-7-17(14)28-13-8-18(25)23-9-11-24(12-10-23)29(26,27)19-15(21)5-3-6-16(19)22/h1-7H,8-13H2. The van der Waals surface area contributed by atoms with Crippen LogP contribution >= 0.6 is 11.8 Å². The molecule has 1 saturated heterocycles. The monoisotopic (exact) mass is 444 g/mol. The van der Waals surface area contributed by atoms with Crippen LogP contribution in [0, 0.1) is 17.5 Å². The van der Waals surface area contributed by atoms with Gasteiger partial charge in [0, 0.05) is 43.2 Å². The molecule has 1 heterocycles. The lowest BCUT2D eigenvalue weighted by Crippen LogP contribution is -2.50. The Morgan fingerprint density at radius 3 is 2.10 bits per heavy atom. The first kappa shape index (κ1) is 21.7. The van der Waals surface area contributed by atoms with Gasteiger partial charge in [-0.2, -0.15) is 4.31 Å². The summed E-state index contributed by atoms with van der Waals surface area (Å²) in [5.74, 6) is -2.42. The van der Waals surface area contributed by atoms with Gasteiger partial charge in [0.15, 0.2) is 4.90 Å². The van der Waals surface area contributed by atoms with Crippen LogP contribution in [0.2, 0.25) is 0 Å². The zero-order valence-corrected chi connectivity index (χ0v) is 17.0. The Morgan fingerprint density at radius 2 is 1.48 bits per heavy atom. The van der Waals surface area contributed by atoms with Crippen molar-refractivity contribution in [3.8, 4) is 0 Å². The topological polar surface area (TPSA) is 57.7 Å². The lowest BCUT2D eigenvalue weighted by molar-refractivity contribution is -0.131. The molecule has 3 rings (SSSR count). The van der Waals surface area contributed by atoms with Crippen molar-refractivity contribution in [2.24, 2.45) is 0 Å². The van der Waals surface area contributed by atoms with Crippen molar-refractivity contribution in [3.05, 3.63) is 59.9 Å². The molecule has 29 heavy (non-hydrogen) atoms. The minimum atomic E-state index is -4.33. The molecule has 0 spiro atoms. The molecule has 2 aromatic carbocycles. The van der Waals surface area contributed by atoms with Gasteiger partial charge in [-0.25, -0.2) is 21.6 Å². The Morgan fingerprint density at radius 1 is 0.897 bits per heavy atom. The fraction of sp³-hybridized carbons (Fsp3) is 0.316. The third-order valence-electron chi connectivity index (χ3n) is 4.52. The van der Waals surface area contributed by atoms with E-state index < -0.39 is 26.6 Å². The van der Waals surface area contributed by atoms with Crippen LogP contribution < -0.4 is 0 Å². The lowest BCUT2D eigenvalue weighted by atomic mass is 10.3. The maximum absolute atomic E-state index is 13.9. The molecule has 1 fully saturated rings. The highest BCUT2D eigenvalue weighted by Gasteiger charge is 2.33. The predicted molar refractivity (Wildman–Crippen MR) is 103 cm³/mol. The summed E-state index contributed by atoms with van der Waals surface area (Å²) in [6.07, 6.45) is 0.174. The molecular weight excluding hydrogens is 425 g/mol. The fourth-order valence-corrected chi connectivity index (χ4v) is 5.41. The zero-order chi connectivity index (χ0) is 21.0. The van der Waals surface area contributed by atoms with E-state index in [1.165, 1.54) is 22.7 Å². The summed E-state index contributed by atoms with van der Waals surface area (Å²) in [7, 11) is -4.33. The highest BCUT2D eigenvalue weighted by Crippen LogP contribution is 2.25. The van der Waals surface area contributed by atoms with Crippen LogP contribution in [0.1, 0.15) is 6.42 Å². The number of amides is 1. The molecule has 0 aliphatic carbocycles. The molecule has 1 amide bonds. The molecule has 156 valence electrons. The van der Waals surface area contributed by atoms with E-state index in [0.29, 0.717) is 10.6 Å². The van der Waals surface area contributed by atoms with Gasteiger partial charge < -0.3 is 4.90 Å². The highest BCUT2D eigenvalue weighted by atomic mass is 32.2. The number of piperazine rings is 1. The van der Waals surface area contributed by atoms with Crippen molar-refractivity contribution in [1.29, 1.82) is 0 Å². The van der Waals surface area contributed by atoms with Gasteiger partial charge in [0.1, 0.15) is 17.5 Å². The summed E-state index contributed by atoms with van der Waals surface area (Å²) < 4.78 is 67.5. The van der Waals surface area contributed by atoms with Crippen LogP contribution in [0.15, 0.2) is 52.3 Å². The van der Waals surface area contributed by atoms with Crippen LogP contribution in [0.25, 0.3) is 0 Å². The van der Waals surface area contributed by atoms with Gasteiger partial charge in [0.05, 0.1) is 0 Å². The van der Waals surface area contributed by atoms with Crippen molar-refractivity contribution >= 4 is 27.7 Å². The molecule has 0 bridgehead atoms. The van der Waals surface area contributed by atoms with Gasteiger partial charge in [0.2, 0.25) is 15.9 Å². The lowest BCUT2D eigenvalue weighted by Gasteiger charge is -2.34. The molecule has 1 aliphatic rings. The van der Waals surface area contributed by atoms with Gasteiger partial charge in [-0.15, -0.1) is 11.8 Å². The number of thioether (sulfide) groups is 1. The third kappa shape index (κ3) is 4.93. The number of carbonyl (C=O) groups excluding carboxylic acids is 1. The average molecular weight is 445 g/mol. The number of halogens is 3. The van der Waals surface area contributed by atoms with Crippen LogP contribution in [-0.4, -0.2) is 55.5 Å². The molecule has 5 nitrogen and oxygen atoms in total. The predicted octanol–water partition coefficient (Wildman–Crippen LogP) is 3.12. The fourth-order valence-electron chi connectivity index (χ4n) is 3.00. The molecule has 0 N–H and O–H groups in total. The molecule has 0 atom stereocenters. The van der Waals surface area contributed by atoms with Crippen molar-refractivity contribution in [1.82, 2.24) is 9.21 Å². The summed E-state index contributed by atoms with van der Waals surface area (Å²) >= 11 is 1.23. The molecule has 0 aromatic heterocycles. The van der Waals surface area contributed by atoms with Gasteiger partial charge in [0.25, 0.3) is 0 Å². The molecule has 1 aliphatic heterocycles. The zero-order valence-electron chi connectivity index (χ0n) is 15.4. The number of carbonyl (C=O) groups is 1. The van der Waals surface area contributed by atoms with E-state index in [-0.39, 0.29) is 44.3 Å². The summed E-state index contributed by atoms with van der Waals surface area (Å²) in [6, 6.07) is 9.17. The first-order valence-electron chi connectivity index (χ1n) is 8.90. The molecule has 0 unspecified atom stereocenters. The normalized spacial score (nSPS) is 15.5. The van der Waals surface area contributed by atoms with E-state index in [1.54, 1.807) is 18.2 Å². The molecule has 0 radical (unpaired) electrons. The SMILES string of the molecule is O=C(CCSc1ccccc1F)N1CCN(S(=O)(=O)c2c(F)cccc2F)CC1. The second-order valence-electron chi connectivity index (χ2n) is 6.36. The van der Waals surface area contributed by atoms with Gasteiger partial charge in [-0.3, -0.25) is 4.79 Å². The third-order valence-corrected chi connectivity index (χ3v) is 7.52. The van der Waals surface area contributed by atoms with E-state index in [1.807, 2.05) is 0 Å². The Kier molecular flexibility index (Phi) is 6.86. The Hall–Kier alpha value is -2.04. The van der Waals surface area contributed by atoms with E-state index in [4.69, 9.17) is 0 Å². The first-order chi connectivity index (χ1) is 13.8. The average Bonchev–Trinajstić information content (AvgIpc) is 2.69. The number of nitrogens with zero attached hydrogens (tertiary/aromatic N) is 2. The van der Waals surface area contributed by atoms with E-state index in [9.17, 15) is 26.4 Å². The number of benzene rings is 2.